The third-order valence-electron chi connectivity index (χ3n) is 7.05. The molecule has 1 aromatic carbocycles. The topological polar surface area (TPSA) is 113 Å². The second kappa shape index (κ2) is 10.0. The van der Waals surface area contributed by atoms with Crippen LogP contribution in [0.25, 0.3) is 5.69 Å². The largest absolute Gasteiger partial charge is 0.477 e. The fourth-order valence-electron chi connectivity index (χ4n) is 4.97. The maximum absolute atomic E-state index is 13.5. The van der Waals surface area contributed by atoms with E-state index in [2.05, 4.69) is 27.0 Å². The molecule has 3 heterocycles. The van der Waals surface area contributed by atoms with E-state index in [1.165, 1.54) is 10.9 Å². The number of hydrogen-bond donors (Lipinski definition) is 1. The highest BCUT2D eigenvalue weighted by Gasteiger charge is 2.34. The summed E-state index contributed by atoms with van der Waals surface area (Å²) in [5.41, 5.74) is 1.44. The number of hydrogen-bond acceptors (Lipinski definition) is 6. The number of anilines is 1. The van der Waals surface area contributed by atoms with Crippen LogP contribution in [-0.4, -0.2) is 56.7 Å². The number of aromatic nitrogens is 2. The number of aromatic carboxylic acids is 1. The molecule has 0 saturated heterocycles. The quantitative estimate of drug-likeness (QED) is 0.585. The fourth-order valence-corrected chi connectivity index (χ4v) is 5.14. The van der Waals surface area contributed by atoms with E-state index in [0.717, 1.165) is 31.2 Å². The molecular weight excluding hydrogens is 492 g/mol. The van der Waals surface area contributed by atoms with Gasteiger partial charge in [0.05, 0.1) is 10.7 Å². The Balaban J connectivity index is 1.43. The number of allylic oxidation sites excluding steroid dienone is 1. The Kier molecular flexibility index (Phi) is 6.81. The molecule has 1 aromatic heterocycles. The molecule has 5 rings (SSSR count). The van der Waals surface area contributed by atoms with Gasteiger partial charge in [-0.1, -0.05) is 18.5 Å². The number of nitrogens with zero attached hydrogens (tertiary/aromatic N) is 6. The minimum Gasteiger partial charge on any atom is -0.477 e. The Bertz CT molecular complexity index is 1350. The number of aliphatic imine (C=N–C) groups is 3. The zero-order chi connectivity index (χ0) is 26.3. The SMILES string of the molecule is CC(C)N(c1nn(-c2ccc(C3=NC4C=C(Cl)C=NC4=N3)cc2)cc1C(=O)O)C(=O)[C@H]1CC[C@H](C)CC1. The highest BCUT2D eigenvalue weighted by molar-refractivity contribution is 6.41. The lowest BCUT2D eigenvalue weighted by molar-refractivity contribution is -0.124. The van der Waals surface area contributed by atoms with Crippen LogP contribution in [0.1, 0.15) is 62.4 Å². The Morgan fingerprint density at radius 3 is 2.49 bits per heavy atom. The van der Waals surface area contributed by atoms with E-state index in [-0.39, 0.29) is 35.3 Å². The summed E-state index contributed by atoms with van der Waals surface area (Å²) in [7, 11) is 0. The summed E-state index contributed by atoms with van der Waals surface area (Å²) >= 11 is 6.03. The summed E-state index contributed by atoms with van der Waals surface area (Å²) in [6, 6.07) is 6.81. The van der Waals surface area contributed by atoms with E-state index in [1.54, 1.807) is 17.2 Å². The van der Waals surface area contributed by atoms with Gasteiger partial charge in [-0.25, -0.2) is 19.5 Å². The number of amides is 1. The van der Waals surface area contributed by atoms with Crippen LogP contribution in [0.3, 0.4) is 0 Å². The van der Waals surface area contributed by atoms with Gasteiger partial charge in [0.25, 0.3) is 0 Å². The van der Waals surface area contributed by atoms with E-state index in [1.807, 2.05) is 38.1 Å². The van der Waals surface area contributed by atoms with Crippen LogP contribution in [-0.2, 0) is 4.79 Å². The first-order chi connectivity index (χ1) is 17.7. The molecule has 3 aliphatic rings. The molecule has 9 nitrogen and oxygen atoms in total. The van der Waals surface area contributed by atoms with Gasteiger partial charge in [-0.3, -0.25) is 14.7 Å². The van der Waals surface area contributed by atoms with Crippen LogP contribution in [0.4, 0.5) is 5.82 Å². The number of amidine groups is 2. The molecule has 0 spiro atoms. The van der Waals surface area contributed by atoms with Gasteiger partial charge in [0.2, 0.25) is 5.91 Å². The summed E-state index contributed by atoms with van der Waals surface area (Å²) in [6.07, 6.45) is 8.44. The van der Waals surface area contributed by atoms with Crippen molar-refractivity contribution in [2.75, 3.05) is 4.90 Å². The Morgan fingerprint density at radius 1 is 1.14 bits per heavy atom. The van der Waals surface area contributed by atoms with Gasteiger partial charge in [-0.15, -0.1) is 5.10 Å². The zero-order valence-corrected chi connectivity index (χ0v) is 21.8. The number of benzene rings is 1. The van der Waals surface area contributed by atoms with Crippen molar-refractivity contribution in [3.05, 3.63) is 52.7 Å². The molecular formula is C27H29ClN6O3. The summed E-state index contributed by atoms with van der Waals surface area (Å²) in [5, 5.41) is 15.1. The number of rotatable bonds is 6. The molecule has 1 aliphatic carbocycles. The normalized spacial score (nSPS) is 22.8. The zero-order valence-electron chi connectivity index (χ0n) is 21.0. The lowest BCUT2D eigenvalue weighted by Gasteiger charge is -2.32. The smallest absolute Gasteiger partial charge is 0.341 e. The van der Waals surface area contributed by atoms with E-state index in [4.69, 9.17) is 11.6 Å². The first-order valence-electron chi connectivity index (χ1n) is 12.6. The molecule has 1 atom stereocenters. The number of carbonyl (C=O) groups is 2. The molecule has 0 bridgehead atoms. The van der Waals surface area contributed by atoms with Crippen molar-refractivity contribution in [1.82, 2.24) is 9.78 Å². The first-order valence-corrected chi connectivity index (χ1v) is 12.9. The van der Waals surface area contributed by atoms with Gasteiger partial charge >= 0.3 is 5.97 Å². The van der Waals surface area contributed by atoms with Gasteiger partial charge in [0, 0.05) is 29.9 Å². The lowest BCUT2D eigenvalue weighted by Crippen LogP contribution is -2.43. The summed E-state index contributed by atoms with van der Waals surface area (Å²) in [6.45, 7) is 5.98. The third-order valence-corrected chi connectivity index (χ3v) is 7.27. The molecule has 1 saturated carbocycles. The average molecular weight is 521 g/mol. The maximum atomic E-state index is 13.5. The van der Waals surface area contributed by atoms with Gasteiger partial charge < -0.3 is 5.11 Å². The molecule has 1 amide bonds. The molecule has 192 valence electrons. The molecule has 2 aromatic rings. The number of fused-ring (bicyclic) bond motifs is 1. The Labute approximate surface area is 220 Å². The van der Waals surface area contributed by atoms with Gasteiger partial charge in [0.15, 0.2) is 17.5 Å². The summed E-state index contributed by atoms with van der Waals surface area (Å²) < 4.78 is 1.50. The number of carbonyl (C=O) groups excluding carboxylic acids is 1. The summed E-state index contributed by atoms with van der Waals surface area (Å²) in [5.74, 6) is 0.639. The van der Waals surface area contributed by atoms with Crippen molar-refractivity contribution >= 4 is 47.2 Å². The van der Waals surface area contributed by atoms with Crippen LogP contribution in [0.5, 0.6) is 0 Å². The monoisotopic (exact) mass is 520 g/mol. The number of halogens is 1. The molecule has 1 unspecified atom stereocenters. The molecule has 1 N–H and O–H groups in total. The second-order valence-corrected chi connectivity index (χ2v) is 10.5. The van der Waals surface area contributed by atoms with Crippen molar-refractivity contribution in [2.24, 2.45) is 26.8 Å². The van der Waals surface area contributed by atoms with Crippen LogP contribution in [0.15, 0.2) is 56.5 Å². The highest BCUT2D eigenvalue weighted by Crippen LogP contribution is 2.33. The average Bonchev–Trinajstić information content (AvgIpc) is 3.49. The Morgan fingerprint density at radius 2 is 1.84 bits per heavy atom. The predicted molar refractivity (Wildman–Crippen MR) is 144 cm³/mol. The van der Waals surface area contributed by atoms with Crippen molar-refractivity contribution < 1.29 is 14.7 Å². The van der Waals surface area contributed by atoms with Crippen LogP contribution >= 0.6 is 11.6 Å². The molecule has 37 heavy (non-hydrogen) atoms. The van der Waals surface area contributed by atoms with Crippen molar-refractivity contribution in [2.45, 2.75) is 58.5 Å². The van der Waals surface area contributed by atoms with Crippen LogP contribution in [0, 0.1) is 11.8 Å². The Hall–Kier alpha value is -3.59. The molecule has 0 radical (unpaired) electrons. The molecule has 1 fully saturated rings. The summed E-state index contributed by atoms with van der Waals surface area (Å²) in [4.78, 5) is 40.5. The van der Waals surface area contributed by atoms with Gasteiger partial charge in [-0.2, -0.15) is 0 Å². The van der Waals surface area contributed by atoms with Crippen LogP contribution < -0.4 is 4.90 Å². The van der Waals surface area contributed by atoms with E-state index in [9.17, 15) is 14.7 Å². The predicted octanol–water partition coefficient (Wildman–Crippen LogP) is 4.87. The standard InChI is InChI=1S/C27H29ClN6O3/c1-15(2)34(26(35)18-6-4-16(3)5-7-18)25-21(27(36)37)14-33(32-25)20-10-8-17(9-11-20)23-30-22-12-19(28)13-29-24(22)31-23/h8-16,18,22H,4-7H2,1-3H3,(H,36,37)/t16-,18-,22?. The van der Waals surface area contributed by atoms with Crippen molar-refractivity contribution in [3.63, 3.8) is 0 Å². The van der Waals surface area contributed by atoms with Crippen molar-refractivity contribution in [1.29, 1.82) is 0 Å². The minimum atomic E-state index is -1.13. The highest BCUT2D eigenvalue weighted by atomic mass is 35.5. The van der Waals surface area contributed by atoms with E-state index >= 15 is 0 Å². The van der Waals surface area contributed by atoms with E-state index in [0.29, 0.717) is 28.3 Å². The molecule has 2 aliphatic heterocycles. The number of carboxylic acid groups (broad SMARTS) is 1. The number of dihydropyridines is 1. The third kappa shape index (κ3) is 5.00. The van der Waals surface area contributed by atoms with Crippen molar-refractivity contribution in [3.8, 4) is 5.69 Å². The minimum absolute atomic E-state index is 0.00697. The number of carboxylic acids is 1. The van der Waals surface area contributed by atoms with Gasteiger partial charge in [-0.05, 0) is 75.8 Å². The molecule has 10 heteroatoms. The fraction of sp³-hybridized carbons (Fsp3) is 0.407. The van der Waals surface area contributed by atoms with E-state index < -0.39 is 5.97 Å². The maximum Gasteiger partial charge on any atom is 0.341 e. The second-order valence-electron chi connectivity index (χ2n) is 10.1. The first kappa shape index (κ1) is 25.1. The lowest BCUT2D eigenvalue weighted by atomic mass is 9.82. The van der Waals surface area contributed by atoms with Crippen LogP contribution in [0.2, 0.25) is 0 Å². The van der Waals surface area contributed by atoms with Gasteiger partial charge in [0.1, 0.15) is 11.6 Å².